The molecule has 0 amide bonds. The van der Waals surface area contributed by atoms with Crippen LogP contribution < -0.4 is 10.6 Å². The van der Waals surface area contributed by atoms with Crippen LogP contribution in [0.15, 0.2) is 6.08 Å². The van der Waals surface area contributed by atoms with E-state index < -0.39 is 66.8 Å². The second-order valence-corrected chi connectivity index (χ2v) is 7.31. The summed E-state index contributed by atoms with van der Waals surface area (Å²) in [7, 11) is 0. The zero-order valence-electron chi connectivity index (χ0n) is 16.8. The molecule has 15 heteroatoms. The lowest BCUT2D eigenvalue weighted by atomic mass is 9.86. The number of rotatable bonds is 6. The maximum Gasteiger partial charge on any atom is 0.420 e. The molecule has 32 heavy (non-hydrogen) atoms. The molecule has 0 saturated carbocycles. The van der Waals surface area contributed by atoms with Gasteiger partial charge in [-0.2, -0.15) is 54.5 Å². The number of hydrogen-bond acceptors (Lipinski definition) is 6. The zero-order chi connectivity index (χ0) is 24.5. The molecule has 0 aliphatic heterocycles. The van der Waals surface area contributed by atoms with Crippen LogP contribution in [0.2, 0.25) is 0 Å². The van der Waals surface area contributed by atoms with Crippen molar-refractivity contribution in [2.45, 2.75) is 75.7 Å². The van der Waals surface area contributed by atoms with Crippen molar-refractivity contribution >= 4 is 17.5 Å². The van der Waals surface area contributed by atoms with Gasteiger partial charge < -0.3 is 15.7 Å². The van der Waals surface area contributed by atoms with E-state index in [0.29, 0.717) is 13.0 Å². The summed E-state index contributed by atoms with van der Waals surface area (Å²) >= 11 is 0. The van der Waals surface area contributed by atoms with E-state index in [1.54, 1.807) is 0 Å². The molecule has 0 saturated heterocycles. The summed E-state index contributed by atoms with van der Waals surface area (Å²) in [5.74, 6) is -2.15. The van der Waals surface area contributed by atoms with Crippen molar-refractivity contribution < 1.29 is 44.6 Å². The van der Waals surface area contributed by atoms with Gasteiger partial charge in [0.25, 0.3) is 0 Å². The third-order valence-electron chi connectivity index (χ3n) is 4.77. The first kappa shape index (κ1) is 25.9. The highest BCUT2D eigenvalue weighted by Crippen LogP contribution is 2.42. The van der Waals surface area contributed by atoms with Gasteiger partial charge in [-0.25, -0.2) is 0 Å². The standard InChI is InChI=1S/C17H20F9N5O/c1-3-10(16(21,22)23)28-13-30-11(29-12(31-13)27-8(2)15(18,19)20)9-5-4-6-14(32,7-9)17(24,25)26/h7-8,10,32H,3-6H2,1-2H3,(H2,27,28,29,30,31)/t8-,10-,14?/m1/s1. The summed E-state index contributed by atoms with van der Waals surface area (Å²) in [5, 5.41) is 13.7. The maximum atomic E-state index is 13.2. The Morgan fingerprint density at radius 1 is 0.969 bits per heavy atom. The molecule has 2 rings (SSSR count). The van der Waals surface area contributed by atoms with Gasteiger partial charge in [0.1, 0.15) is 12.1 Å². The Balaban J connectivity index is 2.53. The Hall–Kier alpha value is -2.32. The van der Waals surface area contributed by atoms with Gasteiger partial charge in [0.2, 0.25) is 11.9 Å². The number of anilines is 2. The third-order valence-corrected chi connectivity index (χ3v) is 4.77. The lowest BCUT2D eigenvalue weighted by molar-refractivity contribution is -0.242. The predicted octanol–water partition coefficient (Wildman–Crippen LogP) is 4.85. The fraction of sp³-hybridized carbons (Fsp3) is 0.706. The van der Waals surface area contributed by atoms with Gasteiger partial charge in [0, 0.05) is 0 Å². The summed E-state index contributed by atoms with van der Waals surface area (Å²) in [4.78, 5) is 10.8. The molecule has 1 aromatic rings. The number of aliphatic hydroxyl groups is 1. The van der Waals surface area contributed by atoms with Crippen molar-refractivity contribution in [2.75, 3.05) is 10.6 Å². The van der Waals surface area contributed by atoms with Crippen molar-refractivity contribution in [3.05, 3.63) is 11.9 Å². The molecule has 0 bridgehead atoms. The van der Waals surface area contributed by atoms with E-state index >= 15 is 0 Å². The van der Waals surface area contributed by atoms with Gasteiger partial charge in [-0.3, -0.25) is 0 Å². The quantitative estimate of drug-likeness (QED) is 0.504. The van der Waals surface area contributed by atoms with Crippen LogP contribution in [0.3, 0.4) is 0 Å². The molecule has 0 fully saturated rings. The molecule has 1 aliphatic rings. The highest BCUT2D eigenvalue weighted by molar-refractivity contribution is 5.64. The van der Waals surface area contributed by atoms with Crippen LogP contribution in [0.5, 0.6) is 0 Å². The van der Waals surface area contributed by atoms with Crippen molar-refractivity contribution in [1.29, 1.82) is 0 Å². The molecule has 1 unspecified atom stereocenters. The molecule has 1 heterocycles. The van der Waals surface area contributed by atoms with Gasteiger partial charge in [0.15, 0.2) is 11.4 Å². The van der Waals surface area contributed by atoms with Gasteiger partial charge in [-0.05, 0) is 44.3 Å². The van der Waals surface area contributed by atoms with E-state index in [1.165, 1.54) is 6.92 Å². The molecule has 3 N–H and O–H groups in total. The minimum absolute atomic E-state index is 0.0907. The Kier molecular flexibility index (Phi) is 7.22. The monoisotopic (exact) mass is 481 g/mol. The number of hydrogen-bond donors (Lipinski definition) is 3. The Labute approximate surface area is 176 Å². The van der Waals surface area contributed by atoms with E-state index in [0.717, 1.165) is 0 Å². The average Bonchev–Trinajstić information content (AvgIpc) is 2.63. The molecule has 6 nitrogen and oxygen atoms in total. The molecule has 1 aromatic heterocycles. The van der Waals surface area contributed by atoms with Crippen LogP contribution in [0, 0.1) is 0 Å². The van der Waals surface area contributed by atoms with Crippen LogP contribution in [0.4, 0.5) is 51.4 Å². The van der Waals surface area contributed by atoms with Crippen LogP contribution in [-0.2, 0) is 0 Å². The molecule has 0 radical (unpaired) electrons. The normalized spacial score (nSPS) is 22.2. The minimum atomic E-state index is -5.05. The number of alkyl halides is 9. The fourth-order valence-electron chi connectivity index (χ4n) is 2.88. The van der Waals surface area contributed by atoms with Crippen molar-refractivity contribution in [1.82, 2.24) is 15.0 Å². The smallest absolute Gasteiger partial charge is 0.377 e. The van der Waals surface area contributed by atoms with Crippen molar-refractivity contribution in [3.8, 4) is 0 Å². The number of allylic oxidation sites excluding steroid dienone is 1. The van der Waals surface area contributed by atoms with Crippen molar-refractivity contribution in [2.24, 2.45) is 0 Å². The highest BCUT2D eigenvalue weighted by Gasteiger charge is 2.53. The molecule has 0 aromatic carbocycles. The fourth-order valence-corrected chi connectivity index (χ4v) is 2.88. The second kappa shape index (κ2) is 8.90. The summed E-state index contributed by atoms with van der Waals surface area (Å²) in [5.41, 5.74) is -3.52. The minimum Gasteiger partial charge on any atom is -0.377 e. The Bertz CT molecular complexity index is 837. The van der Waals surface area contributed by atoms with Gasteiger partial charge in [0.05, 0.1) is 0 Å². The van der Waals surface area contributed by atoms with E-state index in [-0.39, 0.29) is 18.4 Å². The number of halogens is 9. The highest BCUT2D eigenvalue weighted by atomic mass is 19.4. The molecule has 1 aliphatic carbocycles. The largest absolute Gasteiger partial charge is 0.420 e. The summed E-state index contributed by atoms with van der Waals surface area (Å²) in [6.07, 6.45) is -15.6. The van der Waals surface area contributed by atoms with E-state index in [9.17, 15) is 44.6 Å². The number of aromatic nitrogens is 3. The van der Waals surface area contributed by atoms with Crippen LogP contribution >= 0.6 is 0 Å². The van der Waals surface area contributed by atoms with Gasteiger partial charge in [-0.1, -0.05) is 6.92 Å². The van der Waals surface area contributed by atoms with Crippen LogP contribution in [-0.4, -0.2) is 56.3 Å². The molecule has 0 spiro atoms. The van der Waals surface area contributed by atoms with Crippen LogP contribution in [0.1, 0.15) is 45.4 Å². The SMILES string of the molecule is CC[C@@H](Nc1nc(N[C@H](C)C(F)(F)F)nc(C2=CC(O)(C(F)(F)F)CCC2)n1)C(F)(F)F. The zero-order valence-corrected chi connectivity index (χ0v) is 16.8. The molecule has 3 atom stereocenters. The first-order chi connectivity index (χ1) is 14.5. The first-order valence-electron chi connectivity index (χ1n) is 9.40. The maximum absolute atomic E-state index is 13.2. The van der Waals surface area contributed by atoms with Gasteiger partial charge in [-0.15, -0.1) is 0 Å². The lowest BCUT2D eigenvalue weighted by Gasteiger charge is -2.31. The van der Waals surface area contributed by atoms with E-state index in [2.05, 4.69) is 15.0 Å². The summed E-state index contributed by atoms with van der Waals surface area (Å²) < 4.78 is 118. The second-order valence-electron chi connectivity index (χ2n) is 7.31. The molecular weight excluding hydrogens is 461 g/mol. The summed E-state index contributed by atoms with van der Waals surface area (Å²) in [6, 6.07) is -4.39. The van der Waals surface area contributed by atoms with Crippen LogP contribution in [0.25, 0.3) is 5.57 Å². The topological polar surface area (TPSA) is 83.0 Å². The van der Waals surface area contributed by atoms with E-state index in [4.69, 9.17) is 0 Å². The Morgan fingerprint density at radius 3 is 2.00 bits per heavy atom. The number of nitrogens with zero attached hydrogens (tertiary/aromatic N) is 3. The van der Waals surface area contributed by atoms with E-state index in [1.807, 2.05) is 10.6 Å². The lowest BCUT2D eigenvalue weighted by Crippen LogP contribution is -2.44. The van der Waals surface area contributed by atoms with Crippen molar-refractivity contribution in [3.63, 3.8) is 0 Å². The molecular formula is C17H20F9N5O. The van der Waals surface area contributed by atoms with Gasteiger partial charge >= 0.3 is 18.5 Å². The summed E-state index contributed by atoms with van der Waals surface area (Å²) in [6.45, 7) is 1.88. The average molecular weight is 481 g/mol. The number of nitrogens with one attached hydrogen (secondary N) is 2. The molecule has 182 valence electrons. The predicted molar refractivity (Wildman–Crippen MR) is 95.6 cm³/mol. The Morgan fingerprint density at radius 2 is 1.53 bits per heavy atom. The third kappa shape index (κ3) is 6.13. The first-order valence-corrected chi connectivity index (χ1v) is 9.40.